The lowest BCUT2D eigenvalue weighted by Crippen LogP contribution is -2.42. The van der Waals surface area contributed by atoms with Gasteiger partial charge in [0.1, 0.15) is 17.6 Å². The van der Waals surface area contributed by atoms with Crippen LogP contribution in [0.15, 0.2) is 18.2 Å². The molecule has 2 N–H and O–H groups in total. The standard InChI is InChI=1S/C22H30N4O4S/c1-6-30-18-9-15(7-8-17(18)14(5)27)16-10-19(28)26(11-16)13(4)21(29)24-22-23-20(12(2)3)25-31-22/h7-9,12-14,16,27H,6,10-11H2,1-5H3,(H,23,24,25,29)/t13-,14?,16+/m1/s1. The molecule has 0 bridgehead atoms. The van der Waals surface area contributed by atoms with E-state index in [1.54, 1.807) is 18.7 Å². The molecule has 3 atom stereocenters. The van der Waals surface area contributed by atoms with Gasteiger partial charge in [-0.15, -0.1) is 0 Å². The van der Waals surface area contributed by atoms with Crippen molar-refractivity contribution in [2.75, 3.05) is 18.5 Å². The Kier molecular flexibility index (Phi) is 7.27. The van der Waals surface area contributed by atoms with Crippen LogP contribution in [-0.4, -0.2) is 50.4 Å². The number of carbonyl (C=O) groups is 2. The van der Waals surface area contributed by atoms with Crippen LogP contribution >= 0.6 is 11.5 Å². The summed E-state index contributed by atoms with van der Waals surface area (Å²) in [5.74, 6) is 1.12. The van der Waals surface area contributed by atoms with E-state index in [0.29, 0.717) is 36.3 Å². The molecule has 0 radical (unpaired) electrons. The predicted octanol–water partition coefficient (Wildman–Crippen LogP) is 3.46. The van der Waals surface area contributed by atoms with Crippen LogP contribution < -0.4 is 10.1 Å². The van der Waals surface area contributed by atoms with Gasteiger partial charge >= 0.3 is 0 Å². The Labute approximate surface area is 186 Å². The second-order valence-electron chi connectivity index (χ2n) is 8.13. The fourth-order valence-electron chi connectivity index (χ4n) is 3.63. The molecule has 2 heterocycles. The van der Waals surface area contributed by atoms with Crippen LogP contribution in [0.2, 0.25) is 0 Å². The summed E-state index contributed by atoms with van der Waals surface area (Å²) in [4.78, 5) is 31.3. The molecule has 2 amide bonds. The van der Waals surface area contributed by atoms with Crippen LogP contribution in [0, 0.1) is 0 Å². The molecule has 1 aliphatic heterocycles. The predicted molar refractivity (Wildman–Crippen MR) is 119 cm³/mol. The summed E-state index contributed by atoms with van der Waals surface area (Å²) in [6.45, 7) is 10.2. The van der Waals surface area contributed by atoms with Crippen LogP contribution in [-0.2, 0) is 9.59 Å². The van der Waals surface area contributed by atoms with E-state index < -0.39 is 12.1 Å². The third-order valence-electron chi connectivity index (χ3n) is 5.45. The first kappa shape index (κ1) is 23.1. The van der Waals surface area contributed by atoms with Crippen molar-refractivity contribution in [2.24, 2.45) is 0 Å². The number of nitrogens with one attached hydrogen (secondary N) is 1. The summed E-state index contributed by atoms with van der Waals surface area (Å²) in [5, 5.41) is 13.2. The van der Waals surface area contributed by atoms with E-state index in [0.717, 1.165) is 22.7 Å². The molecule has 1 aromatic carbocycles. The number of hydrogen-bond acceptors (Lipinski definition) is 7. The highest BCUT2D eigenvalue weighted by Crippen LogP contribution is 2.34. The fraction of sp³-hybridized carbons (Fsp3) is 0.545. The normalized spacial score (nSPS) is 18.4. The zero-order valence-corrected chi connectivity index (χ0v) is 19.4. The Bertz CT molecular complexity index is 943. The molecular formula is C22H30N4O4S. The highest BCUT2D eigenvalue weighted by atomic mass is 32.1. The maximum Gasteiger partial charge on any atom is 0.248 e. The van der Waals surface area contributed by atoms with Gasteiger partial charge in [-0.2, -0.15) is 4.37 Å². The van der Waals surface area contributed by atoms with Crippen molar-refractivity contribution in [3.8, 4) is 5.75 Å². The monoisotopic (exact) mass is 446 g/mol. The van der Waals surface area contributed by atoms with E-state index in [-0.39, 0.29) is 23.7 Å². The minimum absolute atomic E-state index is 0.0425. The molecule has 1 aliphatic rings. The molecular weight excluding hydrogens is 416 g/mol. The van der Waals surface area contributed by atoms with Gasteiger partial charge in [0.05, 0.1) is 12.7 Å². The third-order valence-corrected chi connectivity index (χ3v) is 6.10. The number of likely N-dealkylation sites (tertiary alicyclic amines) is 1. The van der Waals surface area contributed by atoms with Crippen molar-refractivity contribution in [1.82, 2.24) is 14.3 Å². The number of nitrogens with zero attached hydrogens (tertiary/aromatic N) is 3. The Morgan fingerprint density at radius 2 is 2.10 bits per heavy atom. The molecule has 9 heteroatoms. The van der Waals surface area contributed by atoms with Gasteiger partial charge in [-0.25, -0.2) is 4.98 Å². The van der Waals surface area contributed by atoms with Crippen LogP contribution in [0.25, 0.3) is 0 Å². The zero-order chi connectivity index (χ0) is 22.7. The van der Waals surface area contributed by atoms with Crippen molar-refractivity contribution >= 4 is 28.5 Å². The number of amides is 2. The summed E-state index contributed by atoms with van der Waals surface area (Å²) < 4.78 is 9.93. The summed E-state index contributed by atoms with van der Waals surface area (Å²) in [7, 11) is 0. The van der Waals surface area contributed by atoms with Crippen molar-refractivity contribution in [1.29, 1.82) is 0 Å². The van der Waals surface area contributed by atoms with E-state index in [1.807, 2.05) is 39.0 Å². The lowest BCUT2D eigenvalue weighted by Gasteiger charge is -2.23. The molecule has 3 rings (SSSR count). The largest absolute Gasteiger partial charge is 0.493 e. The number of carbonyl (C=O) groups excluding carboxylic acids is 2. The van der Waals surface area contributed by atoms with Crippen LogP contribution in [0.3, 0.4) is 0 Å². The molecule has 1 saturated heterocycles. The third kappa shape index (κ3) is 5.22. The van der Waals surface area contributed by atoms with Crippen LogP contribution in [0.5, 0.6) is 5.75 Å². The summed E-state index contributed by atoms with van der Waals surface area (Å²) in [6, 6.07) is 5.04. The summed E-state index contributed by atoms with van der Waals surface area (Å²) in [6.07, 6.45) is -0.314. The highest BCUT2D eigenvalue weighted by molar-refractivity contribution is 7.09. The van der Waals surface area contributed by atoms with Gasteiger partial charge in [-0.3, -0.25) is 14.9 Å². The Balaban J connectivity index is 1.70. The molecule has 2 aromatic rings. The first-order chi connectivity index (χ1) is 14.7. The van der Waals surface area contributed by atoms with Gasteiger partial charge in [0, 0.05) is 41.9 Å². The molecule has 1 unspecified atom stereocenters. The van der Waals surface area contributed by atoms with E-state index in [9.17, 15) is 14.7 Å². The maximum atomic E-state index is 12.7. The highest BCUT2D eigenvalue weighted by Gasteiger charge is 2.36. The van der Waals surface area contributed by atoms with Crippen LogP contribution in [0.1, 0.15) is 75.9 Å². The van der Waals surface area contributed by atoms with Crippen molar-refractivity contribution in [2.45, 2.75) is 65.0 Å². The van der Waals surface area contributed by atoms with Crippen molar-refractivity contribution in [3.05, 3.63) is 35.2 Å². The molecule has 0 saturated carbocycles. The van der Waals surface area contributed by atoms with Crippen molar-refractivity contribution in [3.63, 3.8) is 0 Å². The van der Waals surface area contributed by atoms with Gasteiger partial charge in [0.15, 0.2) is 0 Å². The molecule has 31 heavy (non-hydrogen) atoms. The average Bonchev–Trinajstić information content (AvgIpc) is 3.34. The van der Waals surface area contributed by atoms with E-state index in [1.165, 1.54) is 0 Å². The Morgan fingerprint density at radius 3 is 2.71 bits per heavy atom. The lowest BCUT2D eigenvalue weighted by atomic mass is 9.95. The fourth-order valence-corrected chi connectivity index (χ4v) is 4.34. The lowest BCUT2D eigenvalue weighted by molar-refractivity contribution is -0.134. The zero-order valence-electron chi connectivity index (χ0n) is 18.6. The Morgan fingerprint density at radius 1 is 1.35 bits per heavy atom. The number of benzene rings is 1. The number of aliphatic hydroxyl groups excluding tert-OH is 1. The number of rotatable bonds is 8. The quantitative estimate of drug-likeness (QED) is 0.643. The summed E-state index contributed by atoms with van der Waals surface area (Å²) >= 11 is 1.14. The number of ether oxygens (including phenoxy) is 1. The number of aromatic nitrogens is 2. The van der Waals surface area contributed by atoms with E-state index >= 15 is 0 Å². The second-order valence-corrected chi connectivity index (χ2v) is 8.88. The topological polar surface area (TPSA) is 105 Å². The van der Waals surface area contributed by atoms with Crippen LogP contribution in [0.4, 0.5) is 5.13 Å². The molecule has 1 aromatic heterocycles. The number of aliphatic hydroxyl groups is 1. The van der Waals surface area contributed by atoms with Gasteiger partial charge in [-0.05, 0) is 32.4 Å². The minimum atomic E-state index is -0.641. The number of anilines is 1. The maximum absolute atomic E-state index is 12.7. The first-order valence-corrected chi connectivity index (χ1v) is 11.4. The smallest absolute Gasteiger partial charge is 0.248 e. The van der Waals surface area contributed by atoms with Gasteiger partial charge in [-0.1, -0.05) is 26.0 Å². The molecule has 8 nitrogen and oxygen atoms in total. The average molecular weight is 447 g/mol. The molecule has 1 fully saturated rings. The first-order valence-electron chi connectivity index (χ1n) is 10.6. The van der Waals surface area contributed by atoms with Crippen molar-refractivity contribution < 1.29 is 19.4 Å². The van der Waals surface area contributed by atoms with Gasteiger partial charge in [0.25, 0.3) is 0 Å². The van der Waals surface area contributed by atoms with Gasteiger partial charge < -0.3 is 14.7 Å². The Hall–Kier alpha value is -2.52. The van der Waals surface area contributed by atoms with Gasteiger partial charge in [0.2, 0.25) is 16.9 Å². The molecule has 0 aliphatic carbocycles. The number of hydrogen-bond donors (Lipinski definition) is 2. The molecule has 168 valence electrons. The van der Waals surface area contributed by atoms with E-state index in [2.05, 4.69) is 14.7 Å². The second kappa shape index (κ2) is 9.74. The van der Waals surface area contributed by atoms with E-state index in [4.69, 9.17) is 4.74 Å². The minimum Gasteiger partial charge on any atom is -0.493 e. The summed E-state index contributed by atoms with van der Waals surface area (Å²) in [5.41, 5.74) is 1.68. The molecule has 0 spiro atoms. The SMILES string of the molecule is CCOc1cc([C@H]2CC(=O)N([C@H](C)C(=O)Nc3nc(C(C)C)ns3)C2)ccc1C(C)O.